The third kappa shape index (κ3) is 7.57. The lowest BCUT2D eigenvalue weighted by Crippen LogP contribution is -2.27. The van der Waals surface area contributed by atoms with Crippen LogP contribution in [0.4, 0.5) is 5.69 Å². The minimum Gasteiger partial charge on any atom is -0.446 e. The summed E-state index contributed by atoms with van der Waals surface area (Å²) in [6, 6.07) is 8.27. The Morgan fingerprint density at radius 3 is 2.27 bits per heavy atom. The lowest BCUT2D eigenvalue weighted by atomic mass is 10.1. The molecule has 0 amide bonds. The summed E-state index contributed by atoms with van der Waals surface area (Å²) in [6.45, 7) is 3.18. The molecule has 22 heavy (non-hydrogen) atoms. The van der Waals surface area contributed by atoms with E-state index in [1.54, 1.807) is 6.92 Å². The smallest absolute Gasteiger partial charge is 0.307 e. The van der Waals surface area contributed by atoms with Crippen molar-refractivity contribution in [2.75, 3.05) is 29.7 Å². The fourth-order valence-corrected chi connectivity index (χ4v) is 2.63. The largest absolute Gasteiger partial charge is 0.446 e. The number of esters is 1. The molecule has 0 spiro atoms. The molecule has 0 saturated carbocycles. The first-order valence-corrected chi connectivity index (χ1v) is 8.86. The van der Waals surface area contributed by atoms with Gasteiger partial charge in [0.25, 0.3) is 0 Å². The lowest BCUT2D eigenvalue weighted by Gasteiger charge is -2.23. The number of carbonyl (C=O) groups excluding carboxylic acids is 1. The minimum absolute atomic E-state index is 0.255. The summed E-state index contributed by atoms with van der Waals surface area (Å²) in [5.41, 5.74) is 1.73. The molecule has 0 bridgehead atoms. The highest BCUT2D eigenvalue weighted by molar-refractivity contribution is 6.20. The Bertz CT molecular complexity index is 432. The highest BCUT2D eigenvalue weighted by Gasteiger charge is 2.07. The number of hydrogen-bond acceptors (Lipinski definition) is 3. The van der Waals surface area contributed by atoms with E-state index in [2.05, 4.69) is 29.2 Å². The van der Waals surface area contributed by atoms with Crippen LogP contribution in [-0.2, 0) is 16.0 Å². The maximum absolute atomic E-state index is 11.4. The number of nitrogens with zero attached hydrogens (tertiary/aromatic N) is 1. The molecular formula is C16H22Cl3NO2. The molecule has 0 heterocycles. The molecule has 0 aromatic heterocycles. The van der Waals surface area contributed by atoms with Crippen molar-refractivity contribution in [3.8, 4) is 0 Å². The molecule has 124 valence electrons. The number of anilines is 1. The number of ether oxygens (including phenoxy) is 1. The highest BCUT2D eigenvalue weighted by atomic mass is 35.5. The SMILES string of the molecule is C[C@@H](Cl)OC(=O)CCCc1ccc(N(CCCl)CCCl)cc1. The normalized spacial score (nSPS) is 12.0. The number of benzene rings is 1. The molecule has 6 heteroatoms. The van der Waals surface area contributed by atoms with Gasteiger partial charge in [0.1, 0.15) is 0 Å². The van der Waals surface area contributed by atoms with E-state index in [4.69, 9.17) is 39.5 Å². The van der Waals surface area contributed by atoms with Gasteiger partial charge in [-0.15, -0.1) is 23.2 Å². The Balaban J connectivity index is 2.45. The fourth-order valence-electron chi connectivity index (χ4n) is 2.12. The Morgan fingerprint density at radius 2 is 1.77 bits per heavy atom. The van der Waals surface area contributed by atoms with Crippen LogP contribution in [-0.4, -0.2) is 36.4 Å². The van der Waals surface area contributed by atoms with E-state index in [-0.39, 0.29) is 5.97 Å². The predicted octanol–water partition coefficient (Wildman–Crippen LogP) is 4.42. The van der Waals surface area contributed by atoms with Crippen molar-refractivity contribution in [2.24, 2.45) is 0 Å². The van der Waals surface area contributed by atoms with E-state index in [1.807, 2.05) is 0 Å². The average Bonchev–Trinajstić information content (AvgIpc) is 2.47. The molecule has 0 fully saturated rings. The standard InChI is InChI=1S/C16H22Cl3NO2/c1-13(19)22-16(21)4-2-3-14-5-7-15(8-6-14)20(11-9-17)12-10-18/h5-8,13H,2-4,9-12H2,1H3/t13-/m0/s1. The van der Waals surface area contributed by atoms with E-state index < -0.39 is 5.56 Å². The zero-order chi connectivity index (χ0) is 16.4. The van der Waals surface area contributed by atoms with Crippen LogP contribution in [0.2, 0.25) is 0 Å². The van der Waals surface area contributed by atoms with Crippen LogP contribution in [0, 0.1) is 0 Å². The molecule has 1 aromatic carbocycles. The van der Waals surface area contributed by atoms with Gasteiger partial charge in [-0.05, 0) is 37.5 Å². The quantitative estimate of drug-likeness (QED) is 0.453. The number of halogens is 3. The van der Waals surface area contributed by atoms with Gasteiger partial charge < -0.3 is 9.64 Å². The van der Waals surface area contributed by atoms with Gasteiger partial charge in [-0.2, -0.15) is 0 Å². The van der Waals surface area contributed by atoms with Gasteiger partial charge in [0.2, 0.25) is 0 Å². The van der Waals surface area contributed by atoms with E-state index in [1.165, 1.54) is 5.56 Å². The second-order valence-electron chi connectivity index (χ2n) is 4.92. The number of aryl methyl sites for hydroxylation is 1. The monoisotopic (exact) mass is 365 g/mol. The molecule has 3 nitrogen and oxygen atoms in total. The van der Waals surface area contributed by atoms with Crippen LogP contribution in [0.3, 0.4) is 0 Å². The number of carbonyl (C=O) groups is 1. The third-order valence-corrected chi connectivity index (χ3v) is 3.58. The van der Waals surface area contributed by atoms with Gasteiger partial charge in [0.05, 0.1) is 0 Å². The molecule has 0 aliphatic carbocycles. The number of hydrogen-bond donors (Lipinski definition) is 0. The molecule has 1 atom stereocenters. The summed E-state index contributed by atoms with van der Waals surface area (Å²) >= 11 is 17.2. The van der Waals surface area contributed by atoms with Crippen molar-refractivity contribution in [2.45, 2.75) is 31.7 Å². The number of rotatable bonds is 10. The lowest BCUT2D eigenvalue weighted by molar-refractivity contribution is -0.144. The van der Waals surface area contributed by atoms with Crippen molar-refractivity contribution >= 4 is 46.5 Å². The van der Waals surface area contributed by atoms with Gasteiger partial charge >= 0.3 is 5.97 Å². The maximum atomic E-state index is 11.4. The van der Waals surface area contributed by atoms with Crippen molar-refractivity contribution in [3.63, 3.8) is 0 Å². The van der Waals surface area contributed by atoms with Crippen LogP contribution < -0.4 is 4.90 Å². The van der Waals surface area contributed by atoms with Crippen molar-refractivity contribution in [3.05, 3.63) is 29.8 Å². The van der Waals surface area contributed by atoms with E-state index >= 15 is 0 Å². The first-order chi connectivity index (χ1) is 10.6. The van der Waals surface area contributed by atoms with E-state index in [9.17, 15) is 4.79 Å². The summed E-state index contributed by atoms with van der Waals surface area (Å²) in [4.78, 5) is 13.5. The minimum atomic E-state index is -0.568. The molecule has 0 aliphatic rings. The van der Waals surface area contributed by atoms with Gasteiger partial charge in [-0.1, -0.05) is 23.7 Å². The Kier molecular flexibility index (Phi) is 9.69. The van der Waals surface area contributed by atoms with Crippen molar-refractivity contribution in [1.82, 2.24) is 0 Å². The van der Waals surface area contributed by atoms with E-state index in [0.717, 1.165) is 31.6 Å². The summed E-state index contributed by atoms with van der Waals surface area (Å²) in [7, 11) is 0. The zero-order valence-electron chi connectivity index (χ0n) is 12.7. The van der Waals surface area contributed by atoms with Gasteiger partial charge in [0, 0.05) is 37.0 Å². The van der Waals surface area contributed by atoms with Crippen LogP contribution in [0.1, 0.15) is 25.3 Å². The molecule has 0 radical (unpaired) electrons. The van der Waals surface area contributed by atoms with Crippen LogP contribution in [0.25, 0.3) is 0 Å². The van der Waals surface area contributed by atoms with Crippen molar-refractivity contribution in [1.29, 1.82) is 0 Å². The third-order valence-electron chi connectivity index (χ3n) is 3.15. The summed E-state index contributed by atoms with van der Waals surface area (Å²) in [5, 5.41) is 0. The first kappa shape index (κ1) is 19.4. The second-order valence-corrected chi connectivity index (χ2v) is 6.29. The van der Waals surface area contributed by atoms with Crippen LogP contribution in [0.5, 0.6) is 0 Å². The summed E-state index contributed by atoms with van der Waals surface area (Å²) in [6.07, 6.45) is 1.95. The Morgan fingerprint density at radius 1 is 1.18 bits per heavy atom. The summed E-state index contributed by atoms with van der Waals surface area (Å²) < 4.78 is 4.89. The van der Waals surface area contributed by atoms with Gasteiger partial charge in [-0.3, -0.25) is 4.79 Å². The molecule has 0 saturated heterocycles. The topological polar surface area (TPSA) is 29.5 Å². The Hall–Kier alpha value is -0.640. The Labute approximate surface area is 147 Å². The molecule has 0 aliphatic heterocycles. The van der Waals surface area contributed by atoms with Crippen molar-refractivity contribution < 1.29 is 9.53 Å². The average molecular weight is 367 g/mol. The maximum Gasteiger partial charge on any atom is 0.307 e. The predicted molar refractivity (Wildman–Crippen MR) is 94.4 cm³/mol. The fraction of sp³-hybridized carbons (Fsp3) is 0.562. The molecule has 0 N–H and O–H groups in total. The molecule has 0 unspecified atom stereocenters. The first-order valence-electron chi connectivity index (χ1n) is 7.36. The number of alkyl halides is 3. The van der Waals surface area contributed by atoms with Gasteiger partial charge in [-0.25, -0.2) is 0 Å². The molecule has 1 rings (SSSR count). The highest BCUT2D eigenvalue weighted by Crippen LogP contribution is 2.17. The van der Waals surface area contributed by atoms with Crippen LogP contribution >= 0.6 is 34.8 Å². The second kappa shape index (κ2) is 11.0. The summed E-state index contributed by atoms with van der Waals surface area (Å²) in [5.74, 6) is 0.883. The molecule has 1 aromatic rings. The molecular weight excluding hydrogens is 345 g/mol. The van der Waals surface area contributed by atoms with E-state index in [0.29, 0.717) is 18.2 Å². The zero-order valence-corrected chi connectivity index (χ0v) is 15.0. The van der Waals surface area contributed by atoms with Gasteiger partial charge in [0.15, 0.2) is 5.56 Å². The van der Waals surface area contributed by atoms with Crippen LogP contribution in [0.15, 0.2) is 24.3 Å².